The lowest BCUT2D eigenvalue weighted by Crippen LogP contribution is -2.42. The van der Waals surface area contributed by atoms with E-state index >= 15 is 0 Å². The van der Waals surface area contributed by atoms with Gasteiger partial charge in [-0.2, -0.15) is 0 Å². The number of rotatable bonds is 9. The average Bonchev–Trinajstić information content (AvgIpc) is 2.23. The minimum absolute atomic E-state index is 0.152. The molecule has 0 atom stereocenters. The van der Waals surface area contributed by atoms with Crippen molar-refractivity contribution in [3.8, 4) is 0 Å². The van der Waals surface area contributed by atoms with Crippen LogP contribution in [-0.2, 0) is 9.59 Å². The summed E-state index contributed by atoms with van der Waals surface area (Å²) in [5, 5.41) is 11.3. The molecule has 0 aliphatic carbocycles. The van der Waals surface area contributed by atoms with Crippen molar-refractivity contribution in [2.45, 2.75) is 19.3 Å². The number of quaternary nitrogens is 1. The van der Waals surface area contributed by atoms with Gasteiger partial charge in [0.1, 0.15) is 0 Å². The molecule has 17 heavy (non-hydrogen) atoms. The molecule has 0 spiro atoms. The van der Waals surface area contributed by atoms with Gasteiger partial charge in [-0.15, -0.1) is 0 Å². The number of nitrogens with one attached hydrogen (secondary N) is 1. The van der Waals surface area contributed by atoms with Gasteiger partial charge in [0.25, 0.3) is 0 Å². The fourth-order valence-corrected chi connectivity index (χ4v) is 1.56. The molecule has 98 valence electrons. The summed E-state index contributed by atoms with van der Waals surface area (Å²) in [6.45, 7) is 5.75. The van der Waals surface area contributed by atoms with Crippen molar-refractivity contribution < 1.29 is 19.2 Å². The fourth-order valence-electron chi connectivity index (χ4n) is 1.56. The zero-order valence-corrected chi connectivity index (χ0v) is 10.7. The molecule has 2 N–H and O–H groups in total. The van der Waals surface area contributed by atoms with Gasteiger partial charge < -0.3 is 14.9 Å². The van der Waals surface area contributed by atoms with Crippen LogP contribution in [0.25, 0.3) is 0 Å². The summed E-state index contributed by atoms with van der Waals surface area (Å²) in [5.74, 6) is -0.899. The summed E-state index contributed by atoms with van der Waals surface area (Å²) in [4.78, 5) is 21.3. The third kappa shape index (κ3) is 9.56. The first-order valence-electron chi connectivity index (χ1n) is 5.81. The van der Waals surface area contributed by atoms with Gasteiger partial charge in [-0.3, -0.25) is 9.59 Å². The van der Waals surface area contributed by atoms with E-state index in [-0.39, 0.29) is 12.3 Å². The summed E-state index contributed by atoms with van der Waals surface area (Å²) in [6, 6.07) is 0. The summed E-state index contributed by atoms with van der Waals surface area (Å²) in [6.07, 6.45) is 3.03. The van der Waals surface area contributed by atoms with Gasteiger partial charge in [0.2, 0.25) is 5.91 Å². The van der Waals surface area contributed by atoms with Gasteiger partial charge in [0, 0.05) is 19.4 Å². The molecule has 0 aliphatic rings. The monoisotopic (exact) mass is 243 g/mol. The third-order valence-electron chi connectivity index (χ3n) is 2.58. The summed E-state index contributed by atoms with van der Waals surface area (Å²) < 4.78 is 0.775. The summed E-state index contributed by atoms with van der Waals surface area (Å²) in [7, 11) is 4.13. The Hall–Kier alpha value is -1.36. The number of carboxylic acids is 1. The van der Waals surface area contributed by atoms with E-state index in [4.69, 9.17) is 5.11 Å². The van der Waals surface area contributed by atoms with Crippen LogP contribution in [0.1, 0.15) is 19.3 Å². The van der Waals surface area contributed by atoms with E-state index in [1.165, 1.54) is 6.08 Å². The second-order valence-corrected chi connectivity index (χ2v) is 4.73. The number of aliphatic carboxylic acids is 1. The van der Waals surface area contributed by atoms with Crippen molar-refractivity contribution in [1.82, 2.24) is 5.32 Å². The quantitative estimate of drug-likeness (QED) is 0.354. The van der Waals surface area contributed by atoms with Crippen molar-refractivity contribution in [1.29, 1.82) is 0 Å². The second-order valence-electron chi connectivity index (χ2n) is 4.73. The highest BCUT2D eigenvalue weighted by molar-refractivity contribution is 5.86. The molecule has 0 aromatic carbocycles. The third-order valence-corrected chi connectivity index (χ3v) is 2.58. The molecule has 0 saturated carbocycles. The van der Waals surface area contributed by atoms with Crippen LogP contribution in [0.3, 0.4) is 0 Å². The van der Waals surface area contributed by atoms with Gasteiger partial charge in [0.15, 0.2) is 0 Å². The zero-order chi connectivity index (χ0) is 13.3. The Bertz CT molecular complexity index is 275. The zero-order valence-electron chi connectivity index (χ0n) is 10.7. The number of hydrogen-bond acceptors (Lipinski definition) is 2. The predicted octanol–water partition coefficient (Wildman–Crippen LogP) is 0.620. The molecule has 0 aromatic heterocycles. The molecule has 5 nitrogen and oxygen atoms in total. The van der Waals surface area contributed by atoms with E-state index in [1.807, 2.05) is 0 Å². The van der Waals surface area contributed by atoms with Crippen molar-refractivity contribution in [2.75, 3.05) is 33.7 Å². The van der Waals surface area contributed by atoms with Crippen molar-refractivity contribution in [2.24, 2.45) is 0 Å². The first kappa shape index (κ1) is 15.6. The maximum absolute atomic E-state index is 10.9. The summed E-state index contributed by atoms with van der Waals surface area (Å²) >= 11 is 0. The Labute approximate surface area is 103 Å². The Morgan fingerprint density at radius 1 is 1.29 bits per heavy atom. The molecule has 0 fully saturated rings. The van der Waals surface area contributed by atoms with Crippen molar-refractivity contribution in [3.05, 3.63) is 12.7 Å². The molecular weight excluding hydrogens is 220 g/mol. The molecule has 0 unspecified atom stereocenters. The Balaban J connectivity index is 3.66. The van der Waals surface area contributed by atoms with Crippen molar-refractivity contribution >= 4 is 11.9 Å². The maximum atomic E-state index is 10.9. The highest BCUT2D eigenvalue weighted by atomic mass is 16.4. The van der Waals surface area contributed by atoms with E-state index in [9.17, 15) is 9.59 Å². The number of carbonyl (C=O) groups excluding carboxylic acids is 1. The maximum Gasteiger partial charge on any atom is 0.303 e. The predicted molar refractivity (Wildman–Crippen MR) is 66.5 cm³/mol. The molecule has 0 bridgehead atoms. The highest BCUT2D eigenvalue weighted by Crippen LogP contribution is 2.03. The smallest absolute Gasteiger partial charge is 0.303 e. The normalized spacial score (nSPS) is 10.9. The Kier molecular flexibility index (Phi) is 7.21. The number of carbonyl (C=O) groups is 2. The van der Waals surface area contributed by atoms with Crippen LogP contribution in [0.15, 0.2) is 12.7 Å². The van der Waals surface area contributed by atoms with Gasteiger partial charge >= 0.3 is 5.97 Å². The van der Waals surface area contributed by atoms with E-state index < -0.39 is 5.97 Å². The number of amides is 1. The first-order chi connectivity index (χ1) is 7.87. The van der Waals surface area contributed by atoms with E-state index in [2.05, 4.69) is 26.0 Å². The lowest BCUT2D eigenvalue weighted by molar-refractivity contribution is -0.890. The van der Waals surface area contributed by atoms with Crippen LogP contribution in [0.4, 0.5) is 0 Å². The molecule has 5 heteroatoms. The highest BCUT2D eigenvalue weighted by Gasteiger charge is 2.14. The Morgan fingerprint density at radius 2 is 1.88 bits per heavy atom. The number of hydrogen-bond donors (Lipinski definition) is 2. The molecule has 0 aromatic rings. The van der Waals surface area contributed by atoms with E-state index in [0.717, 1.165) is 24.0 Å². The minimum atomic E-state index is -0.747. The molecule has 0 saturated heterocycles. The van der Waals surface area contributed by atoms with Crippen LogP contribution < -0.4 is 5.32 Å². The van der Waals surface area contributed by atoms with Crippen LogP contribution in [0.2, 0.25) is 0 Å². The molecule has 1 amide bonds. The first-order valence-corrected chi connectivity index (χ1v) is 5.81. The number of nitrogens with zero attached hydrogens (tertiary/aromatic N) is 1. The van der Waals surface area contributed by atoms with Gasteiger partial charge in [0.05, 0.1) is 33.6 Å². The van der Waals surface area contributed by atoms with Crippen LogP contribution >= 0.6 is 0 Å². The largest absolute Gasteiger partial charge is 0.481 e. The fraction of sp³-hybridized carbons (Fsp3) is 0.667. The lowest BCUT2D eigenvalue weighted by Gasteiger charge is -2.29. The Morgan fingerprint density at radius 3 is 2.41 bits per heavy atom. The summed E-state index contributed by atoms with van der Waals surface area (Å²) in [5.41, 5.74) is 0. The SMILES string of the molecule is C=CC(=O)NCCC[N+](C)(C)CCCC(=O)O. The van der Waals surface area contributed by atoms with Gasteiger partial charge in [-0.1, -0.05) is 6.58 Å². The molecule has 0 rings (SSSR count). The molecule has 0 heterocycles. The van der Waals surface area contributed by atoms with Crippen LogP contribution in [0, 0.1) is 0 Å². The molecular formula is C12H23N2O3+. The topological polar surface area (TPSA) is 66.4 Å². The minimum Gasteiger partial charge on any atom is -0.481 e. The van der Waals surface area contributed by atoms with Crippen LogP contribution in [-0.4, -0.2) is 55.2 Å². The van der Waals surface area contributed by atoms with Crippen molar-refractivity contribution in [3.63, 3.8) is 0 Å². The number of carboxylic acid groups (broad SMARTS) is 1. The average molecular weight is 243 g/mol. The second kappa shape index (κ2) is 7.84. The van der Waals surface area contributed by atoms with Gasteiger partial charge in [-0.05, 0) is 6.08 Å². The molecule has 0 aliphatic heterocycles. The molecule has 0 radical (unpaired) electrons. The lowest BCUT2D eigenvalue weighted by atomic mass is 10.2. The van der Waals surface area contributed by atoms with Crippen LogP contribution in [0.5, 0.6) is 0 Å². The van der Waals surface area contributed by atoms with E-state index in [0.29, 0.717) is 13.0 Å². The van der Waals surface area contributed by atoms with Gasteiger partial charge in [-0.25, -0.2) is 0 Å². The van der Waals surface area contributed by atoms with E-state index in [1.54, 1.807) is 0 Å². The standard InChI is InChI=1S/C12H22N2O3/c1-4-11(15)13-8-6-10-14(2,3)9-5-7-12(16)17/h4H,1,5-10H2,2-3H3,(H-,13,15,16,17)/p+1.